The number of hydrogen-bond acceptors (Lipinski definition) is 2. The summed E-state index contributed by atoms with van der Waals surface area (Å²) >= 11 is 5.84. The van der Waals surface area contributed by atoms with Gasteiger partial charge < -0.3 is 11.5 Å². The molecule has 0 amide bonds. The van der Waals surface area contributed by atoms with Crippen LogP contribution >= 0.6 is 11.6 Å². The smallest absolute Gasteiger partial charge is 0.0439 e. The van der Waals surface area contributed by atoms with Gasteiger partial charge in [0.05, 0.1) is 0 Å². The first kappa shape index (κ1) is 15.4. The van der Waals surface area contributed by atoms with Crippen LogP contribution in [0.3, 0.4) is 0 Å². The molecule has 0 saturated carbocycles. The Kier molecular flexibility index (Phi) is 6.23. The SMILES string of the molecule is CCc1cc(N)ccc1Cl.CCc1cccc(N)c1. The van der Waals surface area contributed by atoms with E-state index in [0.29, 0.717) is 0 Å². The molecular weight excluding hydrogens is 256 g/mol. The molecule has 0 bridgehead atoms. The van der Waals surface area contributed by atoms with Gasteiger partial charge in [-0.1, -0.05) is 37.6 Å². The van der Waals surface area contributed by atoms with Crippen LogP contribution in [0.5, 0.6) is 0 Å². The molecule has 19 heavy (non-hydrogen) atoms. The predicted octanol–water partition coefficient (Wildman–Crippen LogP) is 4.32. The summed E-state index contributed by atoms with van der Waals surface area (Å²) in [5.74, 6) is 0. The Hall–Kier alpha value is -1.67. The van der Waals surface area contributed by atoms with E-state index in [9.17, 15) is 0 Å². The molecule has 0 saturated heterocycles. The topological polar surface area (TPSA) is 52.0 Å². The van der Waals surface area contributed by atoms with Crippen LogP contribution < -0.4 is 11.5 Å². The summed E-state index contributed by atoms with van der Waals surface area (Å²) in [7, 11) is 0. The third-order valence-corrected chi connectivity index (χ3v) is 3.18. The Labute approximate surface area is 120 Å². The lowest BCUT2D eigenvalue weighted by atomic mass is 10.1. The van der Waals surface area contributed by atoms with Gasteiger partial charge >= 0.3 is 0 Å². The number of nitrogen functional groups attached to an aromatic ring is 2. The molecule has 0 aromatic heterocycles. The molecule has 0 spiro atoms. The van der Waals surface area contributed by atoms with Gasteiger partial charge in [-0.2, -0.15) is 0 Å². The van der Waals surface area contributed by atoms with Crippen LogP contribution in [0.25, 0.3) is 0 Å². The lowest BCUT2D eigenvalue weighted by Gasteiger charge is -2.00. The Bertz CT molecular complexity index is 524. The van der Waals surface area contributed by atoms with E-state index in [0.717, 1.165) is 34.8 Å². The fourth-order valence-corrected chi connectivity index (χ4v) is 1.93. The molecule has 4 N–H and O–H groups in total. The molecule has 0 aliphatic heterocycles. The molecule has 2 rings (SSSR count). The Morgan fingerprint density at radius 2 is 1.58 bits per heavy atom. The molecule has 0 unspecified atom stereocenters. The molecule has 2 aromatic rings. The van der Waals surface area contributed by atoms with Gasteiger partial charge in [-0.3, -0.25) is 0 Å². The van der Waals surface area contributed by atoms with Crippen molar-refractivity contribution in [1.29, 1.82) is 0 Å². The van der Waals surface area contributed by atoms with Crippen molar-refractivity contribution in [3.63, 3.8) is 0 Å². The van der Waals surface area contributed by atoms with Gasteiger partial charge in [0.25, 0.3) is 0 Å². The Morgan fingerprint density at radius 1 is 0.895 bits per heavy atom. The van der Waals surface area contributed by atoms with Crippen molar-refractivity contribution < 1.29 is 0 Å². The molecule has 0 aliphatic rings. The summed E-state index contributed by atoms with van der Waals surface area (Å²) in [6, 6.07) is 13.5. The second-order valence-electron chi connectivity index (χ2n) is 4.30. The van der Waals surface area contributed by atoms with Gasteiger partial charge in [-0.25, -0.2) is 0 Å². The van der Waals surface area contributed by atoms with Crippen molar-refractivity contribution in [1.82, 2.24) is 0 Å². The molecule has 0 aliphatic carbocycles. The van der Waals surface area contributed by atoms with Crippen molar-refractivity contribution in [2.24, 2.45) is 0 Å². The molecule has 0 atom stereocenters. The standard InChI is InChI=1S/C8H10ClN.C8H11N/c1-2-6-5-7(10)3-4-8(6)9;1-2-7-4-3-5-8(9)6-7/h3-5H,2,10H2,1H3;3-6H,2,9H2,1H3. The number of benzene rings is 2. The maximum atomic E-state index is 5.84. The molecule has 2 aromatic carbocycles. The first-order valence-corrected chi connectivity index (χ1v) is 6.83. The minimum atomic E-state index is 0.779. The van der Waals surface area contributed by atoms with Crippen LogP contribution in [0.2, 0.25) is 5.02 Å². The van der Waals surface area contributed by atoms with Crippen LogP contribution in [-0.2, 0) is 12.8 Å². The highest BCUT2D eigenvalue weighted by Crippen LogP contribution is 2.18. The lowest BCUT2D eigenvalue weighted by Crippen LogP contribution is -1.87. The number of rotatable bonds is 2. The number of halogens is 1. The average Bonchev–Trinajstić information content (AvgIpc) is 2.42. The van der Waals surface area contributed by atoms with Crippen LogP contribution in [0.15, 0.2) is 42.5 Å². The van der Waals surface area contributed by atoms with E-state index in [2.05, 4.69) is 19.9 Å². The molecule has 0 radical (unpaired) electrons. The van der Waals surface area contributed by atoms with E-state index in [1.165, 1.54) is 5.56 Å². The molecule has 0 fully saturated rings. The first-order chi connectivity index (χ1) is 9.06. The molecule has 0 heterocycles. The average molecular weight is 277 g/mol. The minimum absolute atomic E-state index is 0.779. The molecular formula is C16H21ClN2. The summed E-state index contributed by atoms with van der Waals surface area (Å²) in [5, 5.41) is 0.803. The van der Waals surface area contributed by atoms with Crippen LogP contribution in [0.4, 0.5) is 11.4 Å². The van der Waals surface area contributed by atoms with Crippen LogP contribution in [-0.4, -0.2) is 0 Å². The first-order valence-electron chi connectivity index (χ1n) is 6.45. The van der Waals surface area contributed by atoms with E-state index < -0.39 is 0 Å². The quantitative estimate of drug-likeness (QED) is 0.803. The van der Waals surface area contributed by atoms with Gasteiger partial charge in [0.1, 0.15) is 0 Å². The minimum Gasteiger partial charge on any atom is -0.399 e. The zero-order valence-corrected chi connectivity index (χ0v) is 12.2. The predicted molar refractivity (Wildman–Crippen MR) is 85.5 cm³/mol. The third kappa shape index (κ3) is 5.23. The fraction of sp³-hybridized carbons (Fsp3) is 0.250. The van der Waals surface area contributed by atoms with Gasteiger partial charge in [0.15, 0.2) is 0 Å². The second kappa shape index (κ2) is 7.70. The summed E-state index contributed by atoms with van der Waals surface area (Å²) < 4.78 is 0. The summed E-state index contributed by atoms with van der Waals surface area (Å²) in [6.07, 6.45) is 1.99. The summed E-state index contributed by atoms with van der Waals surface area (Å²) in [5.41, 5.74) is 15.1. The van der Waals surface area contributed by atoms with E-state index in [4.69, 9.17) is 23.1 Å². The number of nitrogens with two attached hydrogens (primary N) is 2. The number of aryl methyl sites for hydroxylation is 2. The monoisotopic (exact) mass is 276 g/mol. The van der Waals surface area contributed by atoms with E-state index in [-0.39, 0.29) is 0 Å². The summed E-state index contributed by atoms with van der Waals surface area (Å²) in [4.78, 5) is 0. The lowest BCUT2D eigenvalue weighted by molar-refractivity contribution is 1.14. The van der Waals surface area contributed by atoms with E-state index >= 15 is 0 Å². The Balaban J connectivity index is 0.000000191. The van der Waals surface area contributed by atoms with Crippen LogP contribution in [0, 0.1) is 0 Å². The fourth-order valence-electron chi connectivity index (χ4n) is 1.68. The third-order valence-electron chi connectivity index (χ3n) is 2.81. The van der Waals surface area contributed by atoms with Gasteiger partial charge in [-0.05, 0) is 54.3 Å². The molecule has 2 nitrogen and oxygen atoms in total. The number of hydrogen-bond donors (Lipinski definition) is 2. The van der Waals surface area contributed by atoms with E-state index in [1.807, 2.05) is 36.4 Å². The summed E-state index contributed by atoms with van der Waals surface area (Å²) in [6.45, 7) is 4.18. The Morgan fingerprint density at radius 3 is 2.05 bits per heavy atom. The van der Waals surface area contributed by atoms with Crippen molar-refractivity contribution >= 4 is 23.0 Å². The largest absolute Gasteiger partial charge is 0.399 e. The normalized spacial score (nSPS) is 9.63. The highest BCUT2D eigenvalue weighted by molar-refractivity contribution is 6.31. The van der Waals surface area contributed by atoms with Crippen molar-refractivity contribution in [3.8, 4) is 0 Å². The van der Waals surface area contributed by atoms with Gasteiger partial charge in [0.2, 0.25) is 0 Å². The number of anilines is 2. The highest BCUT2D eigenvalue weighted by atomic mass is 35.5. The molecule has 102 valence electrons. The zero-order valence-electron chi connectivity index (χ0n) is 11.5. The van der Waals surface area contributed by atoms with Gasteiger partial charge in [0, 0.05) is 16.4 Å². The second-order valence-corrected chi connectivity index (χ2v) is 4.71. The zero-order chi connectivity index (χ0) is 14.3. The maximum Gasteiger partial charge on any atom is 0.0439 e. The highest BCUT2D eigenvalue weighted by Gasteiger charge is 1.96. The molecule has 3 heteroatoms. The maximum absolute atomic E-state index is 5.84. The van der Waals surface area contributed by atoms with Crippen molar-refractivity contribution in [2.75, 3.05) is 11.5 Å². The van der Waals surface area contributed by atoms with Crippen molar-refractivity contribution in [2.45, 2.75) is 26.7 Å². The van der Waals surface area contributed by atoms with Crippen LogP contribution in [0.1, 0.15) is 25.0 Å². The van der Waals surface area contributed by atoms with Gasteiger partial charge in [-0.15, -0.1) is 0 Å². The van der Waals surface area contributed by atoms with Crippen molar-refractivity contribution in [3.05, 3.63) is 58.6 Å². The van der Waals surface area contributed by atoms with E-state index in [1.54, 1.807) is 0 Å².